The molecule has 1 aliphatic rings. The van der Waals surface area contributed by atoms with Gasteiger partial charge in [0.15, 0.2) is 0 Å². The Balaban J connectivity index is 1.36. The molecule has 3 aromatic rings. The molecular weight excluding hydrogens is 326 g/mol. The number of fused-ring (bicyclic) bond motifs is 1. The van der Waals surface area contributed by atoms with Gasteiger partial charge in [-0.1, -0.05) is 0 Å². The molecule has 8 heteroatoms. The van der Waals surface area contributed by atoms with Crippen LogP contribution in [0.3, 0.4) is 0 Å². The molecule has 124 valence electrons. The number of carbonyl (C=O) groups excluding carboxylic acids is 1. The number of nitrogens with zero attached hydrogens (tertiary/aromatic N) is 4. The molecule has 0 atom stereocenters. The highest BCUT2D eigenvalue weighted by atomic mass is 32.1. The number of nitrogens with one attached hydrogen (secondary N) is 1. The molecule has 24 heavy (non-hydrogen) atoms. The average molecular weight is 343 g/mol. The molecule has 1 aliphatic heterocycles. The lowest BCUT2D eigenvalue weighted by molar-refractivity contribution is 0.194. The van der Waals surface area contributed by atoms with Gasteiger partial charge in [-0.15, -0.1) is 11.3 Å². The molecule has 0 saturated carbocycles. The van der Waals surface area contributed by atoms with Crippen LogP contribution in [0.15, 0.2) is 40.8 Å². The van der Waals surface area contributed by atoms with E-state index in [-0.39, 0.29) is 6.03 Å². The molecule has 1 N–H and O–H groups in total. The number of amides is 2. The second-order valence-electron chi connectivity index (χ2n) is 5.60. The smallest absolute Gasteiger partial charge is 0.317 e. The Hall–Kier alpha value is -2.61. The van der Waals surface area contributed by atoms with Gasteiger partial charge >= 0.3 is 6.03 Å². The predicted molar refractivity (Wildman–Crippen MR) is 92.1 cm³/mol. The Morgan fingerprint density at radius 2 is 2.12 bits per heavy atom. The second kappa shape index (κ2) is 6.48. The van der Waals surface area contributed by atoms with Crippen molar-refractivity contribution in [3.05, 3.63) is 41.9 Å². The summed E-state index contributed by atoms with van der Waals surface area (Å²) >= 11 is 1.65. The van der Waals surface area contributed by atoms with E-state index in [1.54, 1.807) is 30.2 Å². The SMILES string of the molecule is O=C(NCc1ccoc1)N1CCN(c2ncnc3ccsc23)CC1. The number of thiophene rings is 1. The Morgan fingerprint density at radius 1 is 1.25 bits per heavy atom. The number of aromatic nitrogens is 2. The van der Waals surface area contributed by atoms with E-state index in [2.05, 4.69) is 20.2 Å². The van der Waals surface area contributed by atoms with Crippen LogP contribution in [0.25, 0.3) is 10.2 Å². The number of hydrogen-bond donors (Lipinski definition) is 1. The fourth-order valence-electron chi connectivity index (χ4n) is 2.81. The number of carbonyl (C=O) groups is 1. The van der Waals surface area contributed by atoms with Crippen molar-refractivity contribution in [2.24, 2.45) is 0 Å². The summed E-state index contributed by atoms with van der Waals surface area (Å²) in [5.41, 5.74) is 1.94. The van der Waals surface area contributed by atoms with Crippen LogP contribution in [-0.2, 0) is 6.54 Å². The molecule has 0 spiro atoms. The van der Waals surface area contributed by atoms with E-state index < -0.39 is 0 Å². The summed E-state index contributed by atoms with van der Waals surface area (Å²) in [6.45, 7) is 3.37. The first-order valence-corrected chi connectivity index (χ1v) is 8.66. The van der Waals surface area contributed by atoms with Crippen molar-refractivity contribution >= 4 is 33.4 Å². The number of furan rings is 1. The lowest BCUT2D eigenvalue weighted by atomic mass is 10.3. The molecule has 1 fully saturated rings. The van der Waals surface area contributed by atoms with Crippen LogP contribution in [0.1, 0.15) is 5.56 Å². The van der Waals surface area contributed by atoms with Crippen LogP contribution in [0.2, 0.25) is 0 Å². The first-order chi connectivity index (χ1) is 11.8. The minimum atomic E-state index is -0.0418. The molecule has 2 amide bonds. The van der Waals surface area contributed by atoms with Crippen LogP contribution >= 0.6 is 11.3 Å². The molecule has 0 aromatic carbocycles. The molecule has 4 rings (SSSR count). The van der Waals surface area contributed by atoms with Crippen molar-refractivity contribution in [3.63, 3.8) is 0 Å². The number of urea groups is 1. The summed E-state index contributed by atoms with van der Waals surface area (Å²) in [6.07, 6.45) is 4.85. The Kier molecular flexibility index (Phi) is 4.04. The van der Waals surface area contributed by atoms with Crippen LogP contribution < -0.4 is 10.2 Å². The highest BCUT2D eigenvalue weighted by Gasteiger charge is 2.23. The third-order valence-corrected chi connectivity index (χ3v) is 5.01. The maximum absolute atomic E-state index is 12.2. The second-order valence-corrected chi connectivity index (χ2v) is 6.51. The highest BCUT2D eigenvalue weighted by molar-refractivity contribution is 7.17. The topological polar surface area (TPSA) is 74.5 Å². The third-order valence-electron chi connectivity index (χ3n) is 4.11. The van der Waals surface area contributed by atoms with Gasteiger partial charge in [0.05, 0.1) is 22.7 Å². The summed E-state index contributed by atoms with van der Waals surface area (Å²) in [5.74, 6) is 0.966. The summed E-state index contributed by atoms with van der Waals surface area (Å²) < 4.78 is 6.11. The zero-order chi connectivity index (χ0) is 16.4. The zero-order valence-corrected chi connectivity index (χ0v) is 13.8. The first kappa shape index (κ1) is 14.9. The number of anilines is 1. The molecule has 0 aliphatic carbocycles. The van der Waals surface area contributed by atoms with Gasteiger partial charge in [0, 0.05) is 38.3 Å². The van der Waals surface area contributed by atoms with Crippen molar-refractivity contribution in [1.29, 1.82) is 0 Å². The van der Waals surface area contributed by atoms with Gasteiger partial charge in [0.1, 0.15) is 12.1 Å². The van der Waals surface area contributed by atoms with Crippen LogP contribution in [0.5, 0.6) is 0 Å². The zero-order valence-electron chi connectivity index (χ0n) is 13.0. The largest absolute Gasteiger partial charge is 0.472 e. The van der Waals surface area contributed by atoms with E-state index >= 15 is 0 Å². The molecule has 3 aromatic heterocycles. The normalized spacial score (nSPS) is 15.0. The maximum atomic E-state index is 12.2. The van der Waals surface area contributed by atoms with Crippen molar-refractivity contribution in [2.75, 3.05) is 31.1 Å². The lowest BCUT2D eigenvalue weighted by Crippen LogP contribution is -2.51. The number of rotatable bonds is 3. The minimum absolute atomic E-state index is 0.0418. The van der Waals surface area contributed by atoms with Crippen molar-refractivity contribution in [3.8, 4) is 0 Å². The van der Waals surface area contributed by atoms with E-state index in [1.807, 2.05) is 22.4 Å². The van der Waals surface area contributed by atoms with E-state index in [4.69, 9.17) is 4.42 Å². The van der Waals surface area contributed by atoms with E-state index in [1.165, 1.54) is 0 Å². The first-order valence-electron chi connectivity index (χ1n) is 7.78. The number of piperazine rings is 1. The highest BCUT2D eigenvalue weighted by Crippen LogP contribution is 2.28. The maximum Gasteiger partial charge on any atom is 0.317 e. The van der Waals surface area contributed by atoms with Crippen LogP contribution in [-0.4, -0.2) is 47.1 Å². The van der Waals surface area contributed by atoms with E-state index in [9.17, 15) is 4.79 Å². The standard InChI is InChI=1S/C16H17N5O2S/c22-16(17-9-12-1-7-23-10-12)21-5-3-20(4-6-21)15-14-13(2-8-24-14)18-11-19-15/h1-2,7-8,10-11H,3-6,9H2,(H,17,22). The van der Waals surface area contributed by atoms with E-state index in [0.29, 0.717) is 19.6 Å². The van der Waals surface area contributed by atoms with Crippen molar-refractivity contribution in [1.82, 2.24) is 20.2 Å². The molecule has 0 bridgehead atoms. The molecule has 1 saturated heterocycles. The third kappa shape index (κ3) is 2.92. The summed E-state index contributed by atoms with van der Waals surface area (Å²) in [6, 6.07) is 3.81. The Labute approximate surface area is 142 Å². The minimum Gasteiger partial charge on any atom is -0.472 e. The van der Waals surface area contributed by atoms with E-state index in [0.717, 1.165) is 34.7 Å². The average Bonchev–Trinajstić information content (AvgIpc) is 3.31. The summed E-state index contributed by atoms with van der Waals surface area (Å²) in [7, 11) is 0. The van der Waals surface area contributed by atoms with Crippen molar-refractivity contribution in [2.45, 2.75) is 6.54 Å². The lowest BCUT2D eigenvalue weighted by Gasteiger charge is -2.35. The summed E-state index contributed by atoms with van der Waals surface area (Å²) in [4.78, 5) is 25.0. The quantitative estimate of drug-likeness (QED) is 0.790. The fourth-order valence-corrected chi connectivity index (χ4v) is 3.67. The molecule has 0 radical (unpaired) electrons. The molecule has 0 unspecified atom stereocenters. The predicted octanol–water partition coefficient (Wildman–Crippen LogP) is 2.32. The van der Waals surface area contributed by atoms with Crippen LogP contribution in [0.4, 0.5) is 10.6 Å². The van der Waals surface area contributed by atoms with Gasteiger partial charge in [-0.25, -0.2) is 14.8 Å². The Bertz CT molecular complexity index is 824. The summed E-state index contributed by atoms with van der Waals surface area (Å²) in [5, 5.41) is 4.95. The van der Waals surface area contributed by atoms with Gasteiger partial charge in [-0.3, -0.25) is 0 Å². The molecule has 4 heterocycles. The molecular formula is C16H17N5O2S. The van der Waals surface area contributed by atoms with Gasteiger partial charge in [0.2, 0.25) is 0 Å². The van der Waals surface area contributed by atoms with Gasteiger partial charge < -0.3 is 19.5 Å². The van der Waals surface area contributed by atoms with Crippen LogP contribution in [0, 0.1) is 0 Å². The molecule has 7 nitrogen and oxygen atoms in total. The van der Waals surface area contributed by atoms with Gasteiger partial charge in [-0.2, -0.15) is 0 Å². The Morgan fingerprint density at radius 3 is 2.92 bits per heavy atom. The van der Waals surface area contributed by atoms with Crippen molar-refractivity contribution < 1.29 is 9.21 Å². The number of hydrogen-bond acceptors (Lipinski definition) is 6. The fraction of sp³-hybridized carbons (Fsp3) is 0.312. The monoisotopic (exact) mass is 343 g/mol. The van der Waals surface area contributed by atoms with Gasteiger partial charge in [-0.05, 0) is 17.5 Å². The van der Waals surface area contributed by atoms with Gasteiger partial charge in [0.25, 0.3) is 0 Å².